The fourth-order valence-corrected chi connectivity index (χ4v) is 2.81. The van der Waals surface area contributed by atoms with Gasteiger partial charge in [0.25, 0.3) is 0 Å². The lowest BCUT2D eigenvalue weighted by molar-refractivity contribution is 0.340. The first-order chi connectivity index (χ1) is 13.6. The van der Waals surface area contributed by atoms with Gasteiger partial charge in [-0.2, -0.15) is 0 Å². The van der Waals surface area contributed by atoms with Crippen LogP contribution in [0.5, 0.6) is 11.5 Å². The Balaban J connectivity index is 1.86. The number of allylic oxidation sites excluding steroid dienone is 1. The molecule has 0 aromatic heterocycles. The molecule has 0 saturated heterocycles. The number of rotatable bonds is 7. The first-order valence-corrected chi connectivity index (χ1v) is 9.19. The molecule has 0 aliphatic carbocycles. The van der Waals surface area contributed by atoms with E-state index in [4.69, 9.17) is 9.47 Å². The van der Waals surface area contributed by atoms with Gasteiger partial charge in [0.1, 0.15) is 18.1 Å². The van der Waals surface area contributed by atoms with Crippen molar-refractivity contribution in [1.82, 2.24) is 0 Å². The normalized spacial score (nSPS) is 12.3. The average Bonchev–Trinajstić information content (AvgIpc) is 2.73. The van der Waals surface area contributed by atoms with Crippen molar-refractivity contribution in [3.05, 3.63) is 83.9 Å². The first kappa shape index (κ1) is 19.6. The zero-order valence-corrected chi connectivity index (χ0v) is 15.9. The van der Waals surface area contributed by atoms with Gasteiger partial charge in [-0.15, -0.1) is 0 Å². The second kappa shape index (κ2) is 9.18. The molecule has 0 spiro atoms. The maximum absolute atomic E-state index is 14.7. The molecule has 0 heterocycles. The van der Waals surface area contributed by atoms with E-state index in [1.165, 1.54) is 12.1 Å². The van der Waals surface area contributed by atoms with Crippen LogP contribution in [-0.4, -0.2) is 13.2 Å². The summed E-state index contributed by atoms with van der Waals surface area (Å²) in [4.78, 5) is 0. The van der Waals surface area contributed by atoms with Gasteiger partial charge < -0.3 is 9.47 Å². The molecule has 0 fully saturated rings. The SMILES string of the molecule is CC=CCOc1ccc2cc(C(F)=C(F)c3ccc(OCC)cc3)ccc2c1. The lowest BCUT2D eigenvalue weighted by atomic mass is 10.0. The van der Waals surface area contributed by atoms with Crippen molar-refractivity contribution in [3.63, 3.8) is 0 Å². The maximum atomic E-state index is 14.7. The van der Waals surface area contributed by atoms with E-state index in [0.29, 0.717) is 19.0 Å². The van der Waals surface area contributed by atoms with Crippen LogP contribution in [0, 0.1) is 0 Å². The Morgan fingerprint density at radius 3 is 2.11 bits per heavy atom. The molecule has 0 saturated carbocycles. The number of benzene rings is 3. The van der Waals surface area contributed by atoms with E-state index in [9.17, 15) is 8.78 Å². The summed E-state index contributed by atoms with van der Waals surface area (Å²) < 4.78 is 40.3. The van der Waals surface area contributed by atoms with Gasteiger partial charge >= 0.3 is 0 Å². The third-order valence-electron chi connectivity index (χ3n) is 4.26. The maximum Gasteiger partial charge on any atom is 0.166 e. The summed E-state index contributed by atoms with van der Waals surface area (Å²) in [6.45, 7) is 4.81. The van der Waals surface area contributed by atoms with Gasteiger partial charge in [-0.3, -0.25) is 0 Å². The van der Waals surface area contributed by atoms with Crippen molar-refractivity contribution in [2.45, 2.75) is 13.8 Å². The van der Waals surface area contributed by atoms with E-state index in [0.717, 1.165) is 16.5 Å². The van der Waals surface area contributed by atoms with E-state index in [-0.39, 0.29) is 11.1 Å². The Morgan fingerprint density at radius 2 is 1.39 bits per heavy atom. The molecule has 3 aromatic carbocycles. The third-order valence-corrected chi connectivity index (χ3v) is 4.26. The van der Waals surface area contributed by atoms with Crippen molar-refractivity contribution < 1.29 is 18.3 Å². The Bertz CT molecular complexity index is 1000. The monoisotopic (exact) mass is 380 g/mol. The summed E-state index contributed by atoms with van der Waals surface area (Å²) >= 11 is 0. The Labute approximate surface area is 163 Å². The zero-order valence-electron chi connectivity index (χ0n) is 15.9. The van der Waals surface area contributed by atoms with Crippen LogP contribution < -0.4 is 9.47 Å². The number of halogens is 2. The van der Waals surface area contributed by atoms with Gasteiger partial charge in [-0.05, 0) is 67.1 Å². The highest BCUT2D eigenvalue weighted by atomic mass is 19.2. The number of ether oxygens (including phenoxy) is 2. The predicted octanol–water partition coefficient (Wildman–Crippen LogP) is 6.96. The van der Waals surface area contributed by atoms with E-state index >= 15 is 0 Å². The van der Waals surface area contributed by atoms with E-state index in [1.54, 1.807) is 30.3 Å². The van der Waals surface area contributed by atoms with E-state index in [2.05, 4.69) is 0 Å². The Morgan fingerprint density at radius 1 is 0.786 bits per heavy atom. The molecular formula is C24H22F2O2. The van der Waals surface area contributed by atoms with Crippen molar-refractivity contribution in [2.75, 3.05) is 13.2 Å². The van der Waals surface area contributed by atoms with E-state index < -0.39 is 11.7 Å². The minimum Gasteiger partial charge on any atom is -0.494 e. The molecule has 0 bridgehead atoms. The molecule has 0 aliphatic heterocycles. The van der Waals surface area contributed by atoms with Crippen LogP contribution in [0.2, 0.25) is 0 Å². The molecule has 0 atom stereocenters. The molecule has 3 aromatic rings. The second-order valence-electron chi connectivity index (χ2n) is 6.19. The molecule has 0 unspecified atom stereocenters. The lowest BCUT2D eigenvalue weighted by Crippen LogP contribution is -1.93. The smallest absolute Gasteiger partial charge is 0.166 e. The standard InChI is InChI=1S/C24H22F2O2/c1-3-5-14-28-22-13-10-18-15-20(7-6-19(18)16-22)24(26)23(25)17-8-11-21(12-9-17)27-4-2/h3,5-13,15-16H,4,14H2,1-2H3. The first-order valence-electron chi connectivity index (χ1n) is 9.19. The fraction of sp³-hybridized carbons (Fsp3) is 0.167. The molecule has 4 heteroatoms. The van der Waals surface area contributed by atoms with E-state index in [1.807, 2.05) is 44.2 Å². The summed E-state index contributed by atoms with van der Waals surface area (Å²) in [5.41, 5.74) is 0.371. The van der Waals surface area contributed by atoms with Crippen LogP contribution in [0.3, 0.4) is 0 Å². The topological polar surface area (TPSA) is 18.5 Å². The van der Waals surface area contributed by atoms with Crippen LogP contribution in [0.25, 0.3) is 22.4 Å². The third kappa shape index (κ3) is 4.58. The van der Waals surface area contributed by atoms with Gasteiger partial charge in [0.05, 0.1) is 6.61 Å². The molecule has 0 radical (unpaired) electrons. The molecule has 3 rings (SSSR count). The van der Waals surface area contributed by atoms with Gasteiger partial charge in [-0.25, -0.2) is 8.78 Å². The second-order valence-corrected chi connectivity index (χ2v) is 6.19. The summed E-state index contributed by atoms with van der Waals surface area (Å²) in [7, 11) is 0. The van der Waals surface area contributed by atoms with Crippen LogP contribution >= 0.6 is 0 Å². The summed E-state index contributed by atoms with van der Waals surface area (Å²) in [6.07, 6.45) is 3.83. The summed E-state index contributed by atoms with van der Waals surface area (Å²) in [5.74, 6) is -0.430. The molecule has 28 heavy (non-hydrogen) atoms. The minimum atomic E-state index is -0.895. The van der Waals surface area contributed by atoms with Gasteiger partial charge in [-0.1, -0.05) is 30.4 Å². The fourth-order valence-electron chi connectivity index (χ4n) is 2.81. The predicted molar refractivity (Wildman–Crippen MR) is 111 cm³/mol. The molecule has 2 nitrogen and oxygen atoms in total. The number of fused-ring (bicyclic) bond motifs is 1. The number of hydrogen-bond donors (Lipinski definition) is 0. The van der Waals surface area contributed by atoms with Crippen molar-refractivity contribution in [1.29, 1.82) is 0 Å². The molecule has 0 aliphatic rings. The largest absolute Gasteiger partial charge is 0.494 e. The van der Waals surface area contributed by atoms with Gasteiger partial charge in [0, 0.05) is 11.1 Å². The van der Waals surface area contributed by atoms with Crippen molar-refractivity contribution in [3.8, 4) is 11.5 Å². The minimum absolute atomic E-state index is 0.175. The summed E-state index contributed by atoms with van der Waals surface area (Å²) in [6, 6.07) is 16.8. The van der Waals surface area contributed by atoms with Crippen molar-refractivity contribution in [2.24, 2.45) is 0 Å². The van der Waals surface area contributed by atoms with Crippen LogP contribution in [0.1, 0.15) is 25.0 Å². The number of hydrogen-bond acceptors (Lipinski definition) is 2. The molecule has 0 amide bonds. The van der Waals surface area contributed by atoms with Crippen LogP contribution in [0.4, 0.5) is 8.78 Å². The Hall–Kier alpha value is -3.14. The molecule has 144 valence electrons. The average molecular weight is 380 g/mol. The Kier molecular flexibility index (Phi) is 6.43. The summed E-state index contributed by atoms with van der Waals surface area (Å²) in [5, 5.41) is 1.71. The highest BCUT2D eigenvalue weighted by Crippen LogP contribution is 2.32. The van der Waals surface area contributed by atoms with Crippen LogP contribution in [0.15, 0.2) is 72.8 Å². The van der Waals surface area contributed by atoms with Crippen LogP contribution in [-0.2, 0) is 0 Å². The quantitative estimate of drug-likeness (QED) is 0.326. The zero-order chi connectivity index (χ0) is 19.9. The lowest BCUT2D eigenvalue weighted by Gasteiger charge is -2.08. The molecular weight excluding hydrogens is 358 g/mol. The van der Waals surface area contributed by atoms with Crippen molar-refractivity contribution >= 4 is 22.4 Å². The molecule has 0 N–H and O–H groups in total. The highest BCUT2D eigenvalue weighted by molar-refractivity contribution is 5.90. The van der Waals surface area contributed by atoms with Gasteiger partial charge in [0.2, 0.25) is 0 Å². The highest BCUT2D eigenvalue weighted by Gasteiger charge is 2.12. The van der Waals surface area contributed by atoms with Gasteiger partial charge in [0.15, 0.2) is 11.7 Å².